The second-order valence-corrected chi connectivity index (χ2v) is 5.92. The van der Waals surface area contributed by atoms with Crippen LogP contribution in [0.15, 0.2) is 24.5 Å². The molecule has 0 aliphatic heterocycles. The van der Waals surface area contributed by atoms with Crippen LogP contribution in [0, 0.1) is 0 Å². The maximum atomic E-state index is 5.58. The predicted octanol–water partition coefficient (Wildman–Crippen LogP) is 3.11. The van der Waals surface area contributed by atoms with Crippen molar-refractivity contribution in [2.75, 3.05) is 0 Å². The highest BCUT2D eigenvalue weighted by Crippen LogP contribution is 2.25. The molecule has 0 spiro atoms. The first-order chi connectivity index (χ1) is 9.16. The molecular weight excluding hydrogens is 254 g/mol. The molecule has 1 heterocycles. The van der Waals surface area contributed by atoms with E-state index < -0.39 is 0 Å². The highest BCUT2D eigenvalue weighted by Gasteiger charge is 2.24. The van der Waals surface area contributed by atoms with Crippen molar-refractivity contribution in [2.45, 2.75) is 58.2 Å². The maximum absolute atomic E-state index is 5.58. The third kappa shape index (κ3) is 4.16. The van der Waals surface area contributed by atoms with Crippen molar-refractivity contribution in [3.05, 3.63) is 30.1 Å². The van der Waals surface area contributed by atoms with E-state index >= 15 is 0 Å². The van der Waals surface area contributed by atoms with Crippen molar-refractivity contribution in [1.82, 2.24) is 15.2 Å². The SMILES string of the molecule is CC(C)NC(=S)N(Cc1cccnc1)C1CCCC1. The summed E-state index contributed by atoms with van der Waals surface area (Å²) in [6, 6.07) is 5.07. The van der Waals surface area contributed by atoms with Gasteiger partial charge in [-0.3, -0.25) is 4.98 Å². The monoisotopic (exact) mass is 277 g/mol. The van der Waals surface area contributed by atoms with Crippen LogP contribution in [0.5, 0.6) is 0 Å². The first kappa shape index (κ1) is 14.3. The van der Waals surface area contributed by atoms with E-state index in [0.29, 0.717) is 12.1 Å². The minimum absolute atomic E-state index is 0.380. The van der Waals surface area contributed by atoms with Gasteiger partial charge in [0, 0.05) is 31.0 Å². The van der Waals surface area contributed by atoms with Crippen molar-refractivity contribution < 1.29 is 0 Å². The van der Waals surface area contributed by atoms with Gasteiger partial charge in [-0.25, -0.2) is 0 Å². The standard InChI is InChI=1S/C15H23N3S/c1-12(2)17-15(19)18(14-7-3-4-8-14)11-13-6-5-9-16-10-13/h5-6,9-10,12,14H,3-4,7-8,11H2,1-2H3,(H,17,19). The average molecular weight is 277 g/mol. The molecule has 0 radical (unpaired) electrons. The van der Waals surface area contributed by atoms with Crippen molar-refractivity contribution in [2.24, 2.45) is 0 Å². The Labute approximate surface area is 121 Å². The molecule has 1 saturated carbocycles. The molecular formula is C15H23N3S. The zero-order valence-electron chi connectivity index (χ0n) is 11.8. The number of aromatic nitrogens is 1. The Morgan fingerprint density at radius 2 is 2.21 bits per heavy atom. The predicted molar refractivity (Wildman–Crippen MR) is 82.9 cm³/mol. The lowest BCUT2D eigenvalue weighted by Crippen LogP contribution is -2.46. The molecule has 1 aromatic heterocycles. The van der Waals surface area contributed by atoms with Crippen LogP contribution in [0.3, 0.4) is 0 Å². The zero-order chi connectivity index (χ0) is 13.7. The highest BCUT2D eigenvalue weighted by atomic mass is 32.1. The fourth-order valence-electron chi connectivity index (χ4n) is 2.60. The lowest BCUT2D eigenvalue weighted by Gasteiger charge is -2.32. The smallest absolute Gasteiger partial charge is 0.169 e. The second-order valence-electron chi connectivity index (χ2n) is 5.53. The van der Waals surface area contributed by atoms with Crippen LogP contribution in [0.4, 0.5) is 0 Å². The molecule has 19 heavy (non-hydrogen) atoms. The van der Waals surface area contributed by atoms with Gasteiger partial charge in [0.15, 0.2) is 5.11 Å². The second kappa shape index (κ2) is 6.85. The van der Waals surface area contributed by atoms with Crippen LogP contribution >= 0.6 is 12.2 Å². The quantitative estimate of drug-likeness (QED) is 0.856. The molecule has 0 unspecified atom stereocenters. The van der Waals surface area contributed by atoms with E-state index in [-0.39, 0.29) is 0 Å². The number of rotatable bonds is 4. The Balaban J connectivity index is 2.07. The van der Waals surface area contributed by atoms with Gasteiger partial charge in [-0.2, -0.15) is 0 Å². The van der Waals surface area contributed by atoms with E-state index in [4.69, 9.17) is 12.2 Å². The normalized spacial score (nSPS) is 15.7. The molecule has 0 bridgehead atoms. The van der Waals surface area contributed by atoms with E-state index in [1.54, 1.807) is 0 Å². The van der Waals surface area contributed by atoms with E-state index in [1.165, 1.54) is 31.2 Å². The molecule has 1 aromatic rings. The Hall–Kier alpha value is -1.16. The molecule has 3 nitrogen and oxygen atoms in total. The fraction of sp³-hybridized carbons (Fsp3) is 0.600. The Bertz CT molecular complexity index is 399. The summed E-state index contributed by atoms with van der Waals surface area (Å²) in [5.74, 6) is 0. The summed E-state index contributed by atoms with van der Waals surface area (Å²) < 4.78 is 0. The summed E-state index contributed by atoms with van der Waals surface area (Å²) in [4.78, 5) is 6.54. The molecule has 4 heteroatoms. The minimum atomic E-state index is 0.380. The molecule has 0 saturated heterocycles. The highest BCUT2D eigenvalue weighted by molar-refractivity contribution is 7.80. The third-order valence-electron chi connectivity index (χ3n) is 3.51. The van der Waals surface area contributed by atoms with Gasteiger partial charge in [0.2, 0.25) is 0 Å². The minimum Gasteiger partial charge on any atom is -0.360 e. The summed E-state index contributed by atoms with van der Waals surface area (Å²) in [6.45, 7) is 5.11. The van der Waals surface area contributed by atoms with Gasteiger partial charge >= 0.3 is 0 Å². The maximum Gasteiger partial charge on any atom is 0.169 e. The topological polar surface area (TPSA) is 28.2 Å². The third-order valence-corrected chi connectivity index (χ3v) is 3.87. The van der Waals surface area contributed by atoms with Crippen molar-refractivity contribution in [1.29, 1.82) is 0 Å². The molecule has 104 valence electrons. The van der Waals surface area contributed by atoms with Crippen LogP contribution in [0.2, 0.25) is 0 Å². The van der Waals surface area contributed by atoms with Crippen LogP contribution in [-0.4, -0.2) is 27.1 Å². The number of thiocarbonyl (C=S) groups is 1. The zero-order valence-corrected chi connectivity index (χ0v) is 12.6. The molecule has 1 aliphatic rings. The summed E-state index contributed by atoms with van der Waals surface area (Å²) in [5.41, 5.74) is 1.22. The Morgan fingerprint density at radius 3 is 2.79 bits per heavy atom. The molecule has 1 aliphatic carbocycles. The lowest BCUT2D eigenvalue weighted by atomic mass is 10.2. The van der Waals surface area contributed by atoms with Crippen molar-refractivity contribution >= 4 is 17.3 Å². The summed E-state index contributed by atoms with van der Waals surface area (Å²) in [5, 5.41) is 4.26. The first-order valence-corrected chi connectivity index (χ1v) is 7.53. The molecule has 1 fully saturated rings. The summed E-state index contributed by atoms with van der Waals surface area (Å²) in [7, 11) is 0. The van der Waals surface area contributed by atoms with Crippen LogP contribution in [0.25, 0.3) is 0 Å². The lowest BCUT2D eigenvalue weighted by molar-refractivity contribution is 0.301. The Kier molecular flexibility index (Phi) is 5.14. The van der Waals surface area contributed by atoms with E-state index in [0.717, 1.165) is 11.7 Å². The molecule has 0 amide bonds. The van der Waals surface area contributed by atoms with Gasteiger partial charge in [-0.1, -0.05) is 18.9 Å². The summed E-state index contributed by atoms with van der Waals surface area (Å²) in [6.07, 6.45) is 8.88. The van der Waals surface area contributed by atoms with Crippen molar-refractivity contribution in [3.8, 4) is 0 Å². The fourth-order valence-corrected chi connectivity index (χ4v) is 3.05. The van der Waals surface area contributed by atoms with Gasteiger partial charge in [0.25, 0.3) is 0 Å². The first-order valence-electron chi connectivity index (χ1n) is 7.13. The molecule has 0 aromatic carbocycles. The Morgan fingerprint density at radius 1 is 1.47 bits per heavy atom. The van der Waals surface area contributed by atoms with Gasteiger partial charge in [-0.05, 0) is 50.5 Å². The average Bonchev–Trinajstić information content (AvgIpc) is 2.90. The van der Waals surface area contributed by atoms with E-state index in [2.05, 4.69) is 35.1 Å². The van der Waals surface area contributed by atoms with Gasteiger partial charge in [0.05, 0.1) is 0 Å². The van der Waals surface area contributed by atoms with Gasteiger partial charge in [-0.15, -0.1) is 0 Å². The van der Waals surface area contributed by atoms with Gasteiger partial charge < -0.3 is 10.2 Å². The van der Waals surface area contributed by atoms with Crippen LogP contribution in [0.1, 0.15) is 45.1 Å². The number of hydrogen-bond acceptors (Lipinski definition) is 2. The van der Waals surface area contributed by atoms with E-state index in [9.17, 15) is 0 Å². The molecule has 2 rings (SSSR count). The number of nitrogens with one attached hydrogen (secondary N) is 1. The van der Waals surface area contributed by atoms with Crippen molar-refractivity contribution in [3.63, 3.8) is 0 Å². The largest absolute Gasteiger partial charge is 0.360 e. The number of hydrogen-bond donors (Lipinski definition) is 1. The van der Waals surface area contributed by atoms with Crippen LogP contribution < -0.4 is 5.32 Å². The van der Waals surface area contributed by atoms with Gasteiger partial charge in [0.1, 0.15) is 0 Å². The molecule has 0 atom stereocenters. The summed E-state index contributed by atoms with van der Waals surface area (Å²) >= 11 is 5.58. The molecule has 1 N–H and O–H groups in total. The van der Waals surface area contributed by atoms with E-state index in [1.807, 2.05) is 18.5 Å². The number of nitrogens with zero attached hydrogens (tertiary/aromatic N) is 2. The number of pyridine rings is 1. The van der Waals surface area contributed by atoms with Crippen LogP contribution in [-0.2, 0) is 6.54 Å².